The van der Waals surface area contributed by atoms with Gasteiger partial charge in [0, 0.05) is 0 Å². The third-order valence-electron chi connectivity index (χ3n) is 5.03. The molecule has 0 saturated heterocycles. The monoisotopic (exact) mass is 502 g/mol. The van der Waals surface area contributed by atoms with Crippen LogP contribution in [-0.2, 0) is 20.4 Å². The Bertz CT molecular complexity index is 1130. The number of hydrogen-bond donors (Lipinski definition) is 0. The van der Waals surface area contributed by atoms with Crippen LogP contribution in [0.25, 0.3) is 0 Å². The molecule has 2 unspecified atom stereocenters. The first-order valence-electron chi connectivity index (χ1n) is 11.2. The van der Waals surface area contributed by atoms with Gasteiger partial charge in [-0.1, -0.05) is 18.2 Å². The molecule has 3 rings (SSSR count). The molecule has 0 fully saturated rings. The summed E-state index contributed by atoms with van der Waals surface area (Å²) in [6.07, 6.45) is -6.24. The zero-order valence-electron chi connectivity index (χ0n) is 19.7. The smallest absolute Gasteiger partial charge is 0.416 e. The van der Waals surface area contributed by atoms with Gasteiger partial charge in [0.05, 0.1) is 24.2 Å². The molecule has 190 valence electrons. The van der Waals surface area contributed by atoms with Crippen LogP contribution in [0.3, 0.4) is 0 Å². The van der Waals surface area contributed by atoms with E-state index in [2.05, 4.69) is 0 Å². The van der Waals surface area contributed by atoms with Crippen LogP contribution in [0.15, 0.2) is 78.9 Å². The summed E-state index contributed by atoms with van der Waals surface area (Å²) in [5, 5.41) is 0. The van der Waals surface area contributed by atoms with E-state index >= 15 is 0 Å². The molecular weight excluding hydrogens is 477 g/mol. The zero-order valence-corrected chi connectivity index (χ0v) is 19.7. The molecule has 0 saturated carbocycles. The van der Waals surface area contributed by atoms with Crippen LogP contribution < -0.4 is 9.47 Å². The molecule has 3 aromatic rings. The summed E-state index contributed by atoms with van der Waals surface area (Å²) >= 11 is 0. The fourth-order valence-corrected chi connectivity index (χ4v) is 3.19. The Balaban J connectivity index is 1.65. The van der Waals surface area contributed by atoms with Gasteiger partial charge in [0.25, 0.3) is 0 Å². The highest BCUT2D eigenvalue weighted by molar-refractivity contribution is 5.89. The van der Waals surface area contributed by atoms with E-state index in [1.54, 1.807) is 68.4 Å². The number of alkyl halides is 3. The molecule has 0 radical (unpaired) electrons. The molecule has 0 N–H and O–H groups in total. The van der Waals surface area contributed by atoms with Gasteiger partial charge < -0.3 is 18.9 Å². The van der Waals surface area contributed by atoms with Crippen molar-refractivity contribution in [1.82, 2.24) is 0 Å². The van der Waals surface area contributed by atoms with Crippen LogP contribution in [0.1, 0.15) is 36.2 Å². The first-order valence-corrected chi connectivity index (χ1v) is 11.2. The van der Waals surface area contributed by atoms with Gasteiger partial charge in [-0.05, 0) is 74.5 Å². The second-order valence-corrected chi connectivity index (χ2v) is 7.74. The third kappa shape index (κ3) is 7.76. The lowest BCUT2D eigenvalue weighted by Gasteiger charge is -2.24. The fraction of sp³-hybridized carbons (Fsp3) is 0.259. The molecule has 0 heterocycles. The molecular formula is C27H25F3O6. The van der Waals surface area contributed by atoms with Gasteiger partial charge in [0.15, 0.2) is 0 Å². The second-order valence-electron chi connectivity index (χ2n) is 7.74. The Labute approximate surface area is 206 Å². The lowest BCUT2D eigenvalue weighted by molar-refractivity contribution is -0.146. The first kappa shape index (κ1) is 26.6. The van der Waals surface area contributed by atoms with Gasteiger partial charge in [-0.25, -0.2) is 4.79 Å². The summed E-state index contributed by atoms with van der Waals surface area (Å²) in [6.45, 7) is 3.53. The lowest BCUT2D eigenvalue weighted by Crippen LogP contribution is -2.36. The highest BCUT2D eigenvalue weighted by Gasteiger charge is 2.30. The van der Waals surface area contributed by atoms with Gasteiger partial charge >= 0.3 is 18.1 Å². The summed E-state index contributed by atoms with van der Waals surface area (Å²) in [5.74, 6) is -0.0904. The molecule has 0 aliphatic rings. The molecule has 0 aliphatic carbocycles. The van der Waals surface area contributed by atoms with Crippen molar-refractivity contribution in [2.75, 3.05) is 6.61 Å². The maximum atomic E-state index is 12.7. The van der Waals surface area contributed by atoms with Crippen molar-refractivity contribution in [2.24, 2.45) is 0 Å². The number of esters is 2. The number of rotatable bonds is 10. The Morgan fingerprint density at radius 3 is 1.94 bits per heavy atom. The number of halogens is 3. The topological polar surface area (TPSA) is 71.1 Å². The molecule has 36 heavy (non-hydrogen) atoms. The molecule has 0 spiro atoms. The average molecular weight is 502 g/mol. The summed E-state index contributed by atoms with van der Waals surface area (Å²) in [7, 11) is 0. The van der Waals surface area contributed by atoms with Crippen LogP contribution in [-0.4, -0.2) is 30.8 Å². The van der Waals surface area contributed by atoms with E-state index in [9.17, 15) is 22.8 Å². The Kier molecular flexibility index (Phi) is 8.94. The quantitative estimate of drug-likeness (QED) is 0.297. The highest BCUT2D eigenvalue weighted by atomic mass is 19.4. The zero-order chi connectivity index (χ0) is 26.1. The van der Waals surface area contributed by atoms with Crippen molar-refractivity contribution >= 4 is 11.9 Å². The molecule has 3 aromatic carbocycles. The minimum absolute atomic E-state index is 0.188. The Hall–Kier alpha value is -4.01. The molecule has 0 aromatic heterocycles. The summed E-state index contributed by atoms with van der Waals surface area (Å²) in [5.41, 5.74) is -0.429. The number of hydrogen-bond acceptors (Lipinski definition) is 6. The van der Waals surface area contributed by atoms with Crippen molar-refractivity contribution in [3.63, 3.8) is 0 Å². The standard InChI is InChI=1S/C27H25F3O6/c1-3-33-25(31)17-24(36-26(32)19-7-5-4-6-8-19)18(2)34-21-13-15-23(16-14-21)35-22-11-9-20(10-12-22)27(28,29)30/h4-16,18,24H,3,17H2,1-2H3. The maximum absolute atomic E-state index is 12.7. The minimum Gasteiger partial charge on any atom is -0.487 e. The van der Waals surface area contributed by atoms with Crippen LogP contribution in [0.2, 0.25) is 0 Å². The van der Waals surface area contributed by atoms with Gasteiger partial charge in [0.2, 0.25) is 0 Å². The largest absolute Gasteiger partial charge is 0.487 e. The van der Waals surface area contributed by atoms with E-state index in [1.165, 1.54) is 12.1 Å². The number of benzene rings is 3. The lowest BCUT2D eigenvalue weighted by atomic mass is 10.1. The predicted octanol–water partition coefficient (Wildman–Crippen LogP) is 6.44. The fourth-order valence-electron chi connectivity index (χ4n) is 3.19. The first-order chi connectivity index (χ1) is 17.2. The molecule has 0 bridgehead atoms. The molecule has 6 nitrogen and oxygen atoms in total. The van der Waals surface area contributed by atoms with Crippen LogP contribution in [0, 0.1) is 0 Å². The minimum atomic E-state index is -4.42. The Morgan fingerprint density at radius 2 is 1.39 bits per heavy atom. The highest BCUT2D eigenvalue weighted by Crippen LogP contribution is 2.32. The van der Waals surface area contributed by atoms with E-state index in [0.29, 0.717) is 17.1 Å². The number of ether oxygens (including phenoxy) is 4. The summed E-state index contributed by atoms with van der Waals surface area (Å²) < 4.78 is 60.1. The number of carbonyl (C=O) groups is 2. The van der Waals surface area contributed by atoms with Crippen molar-refractivity contribution < 1.29 is 41.7 Å². The van der Waals surface area contributed by atoms with E-state index in [0.717, 1.165) is 12.1 Å². The van der Waals surface area contributed by atoms with E-state index in [-0.39, 0.29) is 18.8 Å². The predicted molar refractivity (Wildman–Crippen MR) is 125 cm³/mol. The van der Waals surface area contributed by atoms with Gasteiger partial charge in [-0.3, -0.25) is 4.79 Å². The average Bonchev–Trinajstić information content (AvgIpc) is 2.85. The number of carbonyl (C=O) groups excluding carboxylic acids is 2. The van der Waals surface area contributed by atoms with Crippen LogP contribution in [0.5, 0.6) is 17.2 Å². The Morgan fingerprint density at radius 1 is 0.833 bits per heavy atom. The summed E-state index contributed by atoms with van der Waals surface area (Å²) in [6, 6.07) is 19.1. The summed E-state index contributed by atoms with van der Waals surface area (Å²) in [4.78, 5) is 24.6. The molecule has 9 heteroatoms. The van der Waals surface area contributed by atoms with E-state index in [1.807, 2.05) is 0 Å². The SMILES string of the molecule is CCOC(=O)CC(OC(=O)c1ccccc1)C(C)Oc1ccc(Oc2ccc(C(F)(F)F)cc2)cc1. The van der Waals surface area contributed by atoms with Gasteiger partial charge in [-0.2, -0.15) is 13.2 Å². The van der Waals surface area contributed by atoms with Crippen molar-refractivity contribution in [3.05, 3.63) is 90.0 Å². The van der Waals surface area contributed by atoms with Crippen LogP contribution >= 0.6 is 0 Å². The van der Waals surface area contributed by atoms with Crippen molar-refractivity contribution in [2.45, 2.75) is 38.7 Å². The normalized spacial score (nSPS) is 12.8. The molecule has 2 atom stereocenters. The maximum Gasteiger partial charge on any atom is 0.416 e. The van der Waals surface area contributed by atoms with Crippen LogP contribution in [0.4, 0.5) is 13.2 Å². The van der Waals surface area contributed by atoms with Crippen molar-refractivity contribution in [1.29, 1.82) is 0 Å². The van der Waals surface area contributed by atoms with Crippen molar-refractivity contribution in [3.8, 4) is 17.2 Å². The molecule has 0 aliphatic heterocycles. The van der Waals surface area contributed by atoms with Gasteiger partial charge in [-0.15, -0.1) is 0 Å². The van der Waals surface area contributed by atoms with Gasteiger partial charge in [0.1, 0.15) is 29.5 Å². The van der Waals surface area contributed by atoms with E-state index in [4.69, 9.17) is 18.9 Å². The second kappa shape index (κ2) is 12.1. The third-order valence-corrected chi connectivity index (χ3v) is 5.03. The molecule has 0 amide bonds. The van der Waals surface area contributed by atoms with E-state index < -0.39 is 35.9 Å².